The maximum absolute atomic E-state index is 11.0. The molecule has 0 aromatic heterocycles. The van der Waals surface area contributed by atoms with Gasteiger partial charge in [0.1, 0.15) is 11.9 Å². The number of nitrogens with zero attached hydrogens (tertiary/aromatic N) is 1. The Morgan fingerprint density at radius 3 is 2.75 bits per heavy atom. The van der Waals surface area contributed by atoms with Crippen LogP contribution in [0.4, 0.5) is 5.69 Å². The number of aliphatic hydroxyl groups is 1. The third-order valence-corrected chi connectivity index (χ3v) is 3.55. The Balaban J connectivity index is 2.16. The molecule has 0 bridgehead atoms. The second-order valence-corrected chi connectivity index (χ2v) is 4.95. The molecule has 1 aliphatic rings. The highest BCUT2D eigenvalue weighted by Gasteiger charge is 2.24. The van der Waals surface area contributed by atoms with Crippen LogP contribution in [0.2, 0.25) is 0 Å². The summed E-state index contributed by atoms with van der Waals surface area (Å²) in [7, 11) is 1.39. The van der Waals surface area contributed by atoms with Crippen LogP contribution in [0, 0.1) is 10.1 Å². The number of ether oxygens (including phenoxy) is 2. The number of nitro benzene ring substituents is 1. The molecule has 0 aliphatic heterocycles. The average molecular weight is 281 g/mol. The van der Waals surface area contributed by atoms with E-state index in [1.807, 2.05) is 0 Å². The van der Waals surface area contributed by atoms with Crippen LogP contribution < -0.4 is 9.47 Å². The van der Waals surface area contributed by atoms with E-state index in [0.717, 1.165) is 25.7 Å². The lowest BCUT2D eigenvalue weighted by molar-refractivity contribution is -0.385. The van der Waals surface area contributed by atoms with Crippen LogP contribution in [0.25, 0.3) is 0 Å². The number of rotatable bonds is 4. The number of benzene rings is 1. The van der Waals surface area contributed by atoms with Gasteiger partial charge in [0.05, 0.1) is 24.2 Å². The lowest BCUT2D eigenvalue weighted by Gasteiger charge is -2.22. The van der Waals surface area contributed by atoms with Gasteiger partial charge in [0.15, 0.2) is 5.75 Å². The molecule has 1 aromatic carbocycles. The van der Waals surface area contributed by atoms with E-state index in [4.69, 9.17) is 9.47 Å². The van der Waals surface area contributed by atoms with Crippen molar-refractivity contribution in [3.8, 4) is 11.5 Å². The molecular weight excluding hydrogens is 262 g/mol. The molecule has 6 heteroatoms. The van der Waals surface area contributed by atoms with Crippen LogP contribution in [0.1, 0.15) is 32.1 Å². The molecule has 2 unspecified atom stereocenters. The Hall–Kier alpha value is -1.82. The highest BCUT2D eigenvalue weighted by Crippen LogP contribution is 2.32. The molecule has 0 spiro atoms. The maximum atomic E-state index is 11.0. The topological polar surface area (TPSA) is 81.8 Å². The molecular formula is C14H19NO5. The lowest BCUT2D eigenvalue weighted by Crippen LogP contribution is -2.30. The van der Waals surface area contributed by atoms with Crippen LogP contribution in [0.15, 0.2) is 18.2 Å². The quantitative estimate of drug-likeness (QED) is 0.521. The zero-order chi connectivity index (χ0) is 14.5. The van der Waals surface area contributed by atoms with Crippen molar-refractivity contribution in [1.82, 2.24) is 0 Å². The lowest BCUT2D eigenvalue weighted by atomic mass is 10.1. The minimum atomic E-state index is -0.515. The molecule has 110 valence electrons. The molecule has 6 nitrogen and oxygen atoms in total. The predicted octanol–water partition coefficient (Wildman–Crippen LogP) is 2.68. The Morgan fingerprint density at radius 2 is 2.05 bits per heavy atom. The van der Waals surface area contributed by atoms with Gasteiger partial charge in [-0.2, -0.15) is 0 Å². The molecule has 2 atom stereocenters. The normalized spacial score (nSPS) is 22.9. The van der Waals surface area contributed by atoms with Crippen molar-refractivity contribution in [2.45, 2.75) is 44.3 Å². The van der Waals surface area contributed by atoms with E-state index in [1.54, 1.807) is 6.07 Å². The molecule has 20 heavy (non-hydrogen) atoms. The van der Waals surface area contributed by atoms with Crippen LogP contribution >= 0.6 is 0 Å². The summed E-state index contributed by atoms with van der Waals surface area (Å²) in [6, 6.07) is 4.48. The highest BCUT2D eigenvalue weighted by atomic mass is 16.6. The van der Waals surface area contributed by atoms with E-state index < -0.39 is 11.0 Å². The number of methoxy groups -OCH3 is 1. The van der Waals surface area contributed by atoms with Gasteiger partial charge in [-0.25, -0.2) is 0 Å². The van der Waals surface area contributed by atoms with E-state index in [-0.39, 0.29) is 17.5 Å². The Bertz CT molecular complexity index is 477. The average Bonchev–Trinajstić information content (AvgIpc) is 2.64. The molecule has 0 radical (unpaired) electrons. The minimum absolute atomic E-state index is 0.131. The molecule has 1 fully saturated rings. The Labute approximate surface area is 117 Å². The second-order valence-electron chi connectivity index (χ2n) is 4.95. The summed E-state index contributed by atoms with van der Waals surface area (Å²) in [5, 5.41) is 21.0. The molecule has 0 heterocycles. The first-order valence-electron chi connectivity index (χ1n) is 6.79. The fourth-order valence-electron chi connectivity index (χ4n) is 2.45. The van der Waals surface area contributed by atoms with Gasteiger partial charge >= 0.3 is 5.69 Å². The number of hydrogen-bond donors (Lipinski definition) is 1. The molecule has 1 aromatic rings. The minimum Gasteiger partial charge on any atom is -0.490 e. The first-order chi connectivity index (χ1) is 9.61. The summed E-state index contributed by atoms with van der Waals surface area (Å²) < 4.78 is 10.7. The zero-order valence-corrected chi connectivity index (χ0v) is 11.4. The summed E-state index contributed by atoms with van der Waals surface area (Å²) in [4.78, 5) is 10.5. The van der Waals surface area contributed by atoms with Crippen molar-refractivity contribution in [1.29, 1.82) is 0 Å². The van der Waals surface area contributed by atoms with Crippen molar-refractivity contribution < 1.29 is 19.5 Å². The van der Waals surface area contributed by atoms with Crippen molar-refractivity contribution in [3.63, 3.8) is 0 Å². The SMILES string of the molecule is COc1ccc(OC2CCCCCC2O)cc1[N+](=O)[O-]. The molecule has 2 rings (SSSR count). The van der Waals surface area contributed by atoms with Gasteiger partial charge in [-0.15, -0.1) is 0 Å². The zero-order valence-electron chi connectivity index (χ0n) is 11.4. The van der Waals surface area contributed by atoms with Crippen LogP contribution in [0.3, 0.4) is 0 Å². The molecule has 1 aliphatic carbocycles. The molecule has 0 amide bonds. The van der Waals surface area contributed by atoms with E-state index in [0.29, 0.717) is 12.2 Å². The van der Waals surface area contributed by atoms with E-state index >= 15 is 0 Å². The smallest absolute Gasteiger partial charge is 0.314 e. The predicted molar refractivity (Wildman–Crippen MR) is 73.2 cm³/mol. The Kier molecular flexibility index (Phi) is 4.79. The number of hydrogen-bond acceptors (Lipinski definition) is 5. The molecule has 0 saturated heterocycles. The Morgan fingerprint density at radius 1 is 1.30 bits per heavy atom. The fourth-order valence-corrected chi connectivity index (χ4v) is 2.45. The van der Waals surface area contributed by atoms with Gasteiger partial charge in [-0.3, -0.25) is 10.1 Å². The van der Waals surface area contributed by atoms with Gasteiger partial charge < -0.3 is 14.6 Å². The van der Waals surface area contributed by atoms with Gasteiger partial charge in [-0.1, -0.05) is 12.8 Å². The third-order valence-electron chi connectivity index (χ3n) is 3.55. The first-order valence-corrected chi connectivity index (χ1v) is 6.79. The fraction of sp³-hybridized carbons (Fsp3) is 0.571. The van der Waals surface area contributed by atoms with Crippen molar-refractivity contribution >= 4 is 5.69 Å². The second kappa shape index (κ2) is 6.56. The van der Waals surface area contributed by atoms with E-state index in [2.05, 4.69) is 0 Å². The van der Waals surface area contributed by atoms with Crippen molar-refractivity contribution in [2.24, 2.45) is 0 Å². The number of aliphatic hydroxyl groups excluding tert-OH is 1. The summed E-state index contributed by atoms with van der Waals surface area (Å²) in [6.45, 7) is 0. The highest BCUT2D eigenvalue weighted by molar-refractivity contribution is 5.50. The first kappa shape index (κ1) is 14.6. The van der Waals surface area contributed by atoms with E-state index in [1.165, 1.54) is 19.2 Å². The van der Waals surface area contributed by atoms with Crippen LogP contribution in [0.5, 0.6) is 11.5 Å². The summed E-state index contributed by atoms with van der Waals surface area (Å²) in [5.74, 6) is 0.590. The van der Waals surface area contributed by atoms with Crippen molar-refractivity contribution in [3.05, 3.63) is 28.3 Å². The van der Waals surface area contributed by atoms with Gasteiger partial charge in [0.2, 0.25) is 0 Å². The summed E-state index contributed by atoms with van der Waals surface area (Å²) in [6.07, 6.45) is 3.73. The largest absolute Gasteiger partial charge is 0.490 e. The monoisotopic (exact) mass is 281 g/mol. The van der Waals surface area contributed by atoms with E-state index in [9.17, 15) is 15.2 Å². The summed E-state index contributed by atoms with van der Waals surface area (Å²) >= 11 is 0. The van der Waals surface area contributed by atoms with Gasteiger partial charge in [-0.05, 0) is 31.4 Å². The molecule has 1 saturated carbocycles. The standard InChI is InChI=1S/C14H19NO5/c1-19-13-8-7-10(9-11(13)15(17)18)20-14-6-4-2-3-5-12(14)16/h7-9,12,14,16H,2-6H2,1H3. The van der Waals surface area contributed by atoms with Crippen LogP contribution in [-0.2, 0) is 0 Å². The number of nitro groups is 1. The third kappa shape index (κ3) is 3.39. The van der Waals surface area contributed by atoms with Crippen molar-refractivity contribution in [2.75, 3.05) is 7.11 Å². The summed E-state index contributed by atoms with van der Waals surface area (Å²) in [5.41, 5.74) is -0.131. The van der Waals surface area contributed by atoms with Crippen LogP contribution in [-0.4, -0.2) is 29.3 Å². The molecule has 1 N–H and O–H groups in total. The van der Waals surface area contributed by atoms with Gasteiger partial charge in [0.25, 0.3) is 0 Å². The van der Waals surface area contributed by atoms with Gasteiger partial charge in [0, 0.05) is 0 Å². The maximum Gasteiger partial charge on any atom is 0.314 e.